The maximum atomic E-state index is 13.4. The summed E-state index contributed by atoms with van der Waals surface area (Å²) in [6, 6.07) is 19.3. The van der Waals surface area contributed by atoms with Gasteiger partial charge in [0.15, 0.2) is 23.0 Å². The first-order valence-corrected chi connectivity index (χ1v) is 24.7. The number of ether oxygens (including phenoxy) is 6. The molecule has 5 aliphatic rings. The van der Waals surface area contributed by atoms with E-state index < -0.39 is 30.5 Å². The third kappa shape index (κ3) is 11.0. The molecule has 2 aliphatic carbocycles. The van der Waals surface area contributed by atoms with Crippen molar-refractivity contribution in [3.05, 3.63) is 123 Å². The first-order valence-electron chi connectivity index (χ1n) is 23.6. The van der Waals surface area contributed by atoms with Gasteiger partial charge in [-0.2, -0.15) is 0 Å². The molecule has 3 fully saturated rings. The van der Waals surface area contributed by atoms with Crippen LogP contribution in [0, 0.1) is 13.8 Å². The molecular weight excluding hydrogens is 1060 g/mol. The number of amides is 2. The van der Waals surface area contributed by atoms with E-state index in [1.807, 2.05) is 47.6 Å². The van der Waals surface area contributed by atoms with Gasteiger partial charge in [0.2, 0.25) is 23.6 Å². The van der Waals surface area contributed by atoms with Crippen LogP contribution in [-0.4, -0.2) is 76.9 Å². The third-order valence-corrected chi connectivity index (χ3v) is 14.6. The van der Waals surface area contributed by atoms with E-state index in [9.17, 15) is 27.2 Å². The second kappa shape index (κ2) is 20.1. The minimum absolute atomic E-state index is 0.0445. The number of halogens is 7. The lowest BCUT2D eigenvalue weighted by atomic mass is 9.80. The zero-order valence-corrected chi connectivity index (χ0v) is 44.3. The van der Waals surface area contributed by atoms with Crippen LogP contribution in [0.25, 0.3) is 11.3 Å². The molecule has 3 aliphatic heterocycles. The quantitative estimate of drug-likeness (QED) is 0.0750. The van der Waals surface area contributed by atoms with Crippen LogP contribution >= 0.6 is 34.8 Å². The molecule has 2 aromatic carbocycles. The minimum atomic E-state index is -3.71. The first kappa shape index (κ1) is 54.2. The highest BCUT2D eigenvalue weighted by Crippen LogP contribution is 2.54. The summed E-state index contributed by atoms with van der Waals surface area (Å²) in [5, 5.41) is 6.70. The number of hydrogen-bond acceptors (Lipinski definition) is 14. The lowest BCUT2D eigenvalue weighted by Crippen LogP contribution is -2.41. The molecule has 24 heteroatoms. The summed E-state index contributed by atoms with van der Waals surface area (Å²) in [6.45, 7) is 11.7. The molecule has 2 amide bonds. The number of pyridine rings is 4. The number of carbonyl (C=O) groups excluding carboxylic acids is 2. The second-order valence-corrected chi connectivity index (χ2v) is 20.6. The number of alkyl halides is 4. The monoisotopic (exact) mass is 1110 g/mol. The van der Waals surface area contributed by atoms with Gasteiger partial charge in [-0.15, -0.1) is 17.6 Å². The van der Waals surface area contributed by atoms with Gasteiger partial charge in [0, 0.05) is 23.4 Å². The van der Waals surface area contributed by atoms with Gasteiger partial charge < -0.3 is 48.4 Å². The molecule has 7 heterocycles. The van der Waals surface area contributed by atoms with Crippen molar-refractivity contribution >= 4 is 70.8 Å². The summed E-state index contributed by atoms with van der Waals surface area (Å²) < 4.78 is 92.8. The zero-order chi connectivity index (χ0) is 54.8. The van der Waals surface area contributed by atoms with Crippen molar-refractivity contribution < 1.29 is 64.9 Å². The summed E-state index contributed by atoms with van der Waals surface area (Å²) in [4.78, 5) is 42.9. The fourth-order valence-electron chi connectivity index (χ4n) is 8.38. The summed E-state index contributed by atoms with van der Waals surface area (Å²) in [5.41, 5.74) is 2.57. The maximum Gasteiger partial charge on any atom is 0.586 e. The van der Waals surface area contributed by atoms with E-state index in [0.29, 0.717) is 86.7 Å². The predicted octanol–water partition coefficient (Wildman–Crippen LogP) is 11.2. The van der Waals surface area contributed by atoms with Gasteiger partial charge in [0.05, 0.1) is 41.9 Å². The second-order valence-electron chi connectivity index (χ2n) is 19.5. The van der Waals surface area contributed by atoms with Crippen LogP contribution in [-0.2, 0) is 29.7 Å². The summed E-state index contributed by atoms with van der Waals surface area (Å²) >= 11 is 18.2. The Balaban J connectivity index is 0.000000146. The van der Waals surface area contributed by atoms with Crippen molar-refractivity contribution in [3.63, 3.8) is 0 Å². The van der Waals surface area contributed by atoms with Crippen molar-refractivity contribution in [3.8, 4) is 46.0 Å². The number of nitrogens with one attached hydrogen (secondary N) is 2. The number of anilines is 2. The largest absolute Gasteiger partial charge is 0.586 e. The fraction of sp³-hybridized carbons (Fsp3) is 0.346. The SMILES string of the molecule is COc1ncc(-c2nc(NC(=O)C3(c4ccc5c(c4)OC(F)(F)O5)CC3)ccc2C)cc1Cl.COc1ncc(B2OC(C)(C)C(C)(C)O2)cc1Cl.Cc1ccc(NC(=O)C2(c3ccc4c(c3)OC(F)(F)O4)CC2)nc1Cl. The molecule has 2 saturated carbocycles. The van der Waals surface area contributed by atoms with Crippen molar-refractivity contribution in [2.24, 2.45) is 0 Å². The van der Waals surface area contributed by atoms with Crippen LogP contribution in [0.1, 0.15) is 75.6 Å². The molecule has 6 aromatic rings. The molecule has 16 nitrogen and oxygen atoms in total. The molecule has 398 valence electrons. The highest BCUT2D eigenvalue weighted by molar-refractivity contribution is 6.62. The molecule has 0 atom stereocenters. The number of aryl methyl sites for hydroxylation is 2. The molecular formula is C52H48BCl3F4N6O10. The maximum absolute atomic E-state index is 13.4. The average Bonchev–Trinajstić information content (AvgIpc) is 4.27. The van der Waals surface area contributed by atoms with Crippen LogP contribution in [0.2, 0.25) is 15.2 Å². The standard InChI is InChI=1S/C23H18ClF2N3O4.C17H13ClF2N2O3.C12H17BClNO3/c1-12-3-6-18(28-19(12)13-9-15(24)20(31-2)27-11-13)29-21(30)22(7-8-22)14-4-5-16-17(10-14)33-23(25,26)32-16;1-9-2-5-13(21-14(9)18)22-15(23)16(6-7-16)10-3-4-11-12(8-10)25-17(19,20)24-11;1-11(2)12(3,4)18-13(17-11)8-6-9(14)10(16-5)15-7-8/h3-6,9-11H,7-8H2,1-2H3,(H,28,29,30);2-5,8H,6-7H2,1H3,(H,21,22,23);6-7H,1-5H3. The topological polar surface area (TPSA) is 184 Å². The van der Waals surface area contributed by atoms with E-state index in [0.717, 1.165) is 16.6 Å². The number of rotatable bonds is 10. The first-order chi connectivity index (χ1) is 35.8. The van der Waals surface area contributed by atoms with Crippen LogP contribution < -0.4 is 44.5 Å². The van der Waals surface area contributed by atoms with E-state index in [4.69, 9.17) is 53.6 Å². The fourth-order valence-corrected chi connectivity index (χ4v) is 9.03. The van der Waals surface area contributed by atoms with Gasteiger partial charge in [-0.25, -0.2) is 19.9 Å². The normalized spacial score (nSPS) is 18.5. The van der Waals surface area contributed by atoms with Crippen LogP contribution in [0.15, 0.2) is 85.2 Å². The van der Waals surface area contributed by atoms with Gasteiger partial charge in [-0.05, 0) is 138 Å². The molecule has 0 radical (unpaired) electrons. The van der Waals surface area contributed by atoms with Gasteiger partial charge in [0.25, 0.3) is 0 Å². The van der Waals surface area contributed by atoms with Crippen molar-refractivity contribution in [2.75, 3.05) is 24.9 Å². The molecule has 0 spiro atoms. The molecule has 11 rings (SSSR count). The lowest BCUT2D eigenvalue weighted by molar-refractivity contribution is -0.287. The Morgan fingerprint density at radius 3 is 1.49 bits per heavy atom. The van der Waals surface area contributed by atoms with E-state index in [-0.39, 0.29) is 46.0 Å². The van der Waals surface area contributed by atoms with Gasteiger partial charge in [-0.3, -0.25) is 9.59 Å². The smallest absolute Gasteiger partial charge is 0.480 e. The van der Waals surface area contributed by atoms with E-state index >= 15 is 0 Å². The van der Waals surface area contributed by atoms with Crippen molar-refractivity contribution in [1.29, 1.82) is 0 Å². The number of nitrogens with zero attached hydrogens (tertiary/aromatic N) is 4. The van der Waals surface area contributed by atoms with Gasteiger partial charge in [0.1, 0.15) is 26.8 Å². The number of hydrogen-bond donors (Lipinski definition) is 2. The number of methoxy groups -OCH3 is 2. The Bertz CT molecular complexity index is 3260. The highest BCUT2D eigenvalue weighted by Gasteiger charge is 2.55. The van der Waals surface area contributed by atoms with Crippen LogP contribution in [0.5, 0.6) is 34.8 Å². The molecule has 0 bridgehead atoms. The Morgan fingerprint density at radius 2 is 1.04 bits per heavy atom. The Kier molecular flexibility index (Phi) is 14.3. The summed E-state index contributed by atoms with van der Waals surface area (Å²) in [6.07, 6.45) is -1.77. The Labute approximate surface area is 449 Å². The summed E-state index contributed by atoms with van der Waals surface area (Å²) in [5.74, 6) is 0.608. The predicted molar refractivity (Wildman–Crippen MR) is 274 cm³/mol. The number of benzene rings is 2. The zero-order valence-electron chi connectivity index (χ0n) is 42.0. The molecule has 1 saturated heterocycles. The average molecular weight is 1110 g/mol. The molecule has 2 N–H and O–H groups in total. The molecule has 4 aromatic heterocycles. The van der Waals surface area contributed by atoms with Crippen molar-refractivity contribution in [2.45, 2.75) is 102 Å². The molecule has 0 unspecified atom stereocenters. The van der Waals surface area contributed by atoms with Gasteiger partial charge in [-0.1, -0.05) is 59.1 Å². The van der Waals surface area contributed by atoms with Crippen LogP contribution in [0.3, 0.4) is 0 Å². The number of fused-ring (bicyclic) bond motifs is 2. The van der Waals surface area contributed by atoms with E-state index in [2.05, 4.69) is 49.5 Å². The van der Waals surface area contributed by atoms with Gasteiger partial charge >= 0.3 is 19.7 Å². The third-order valence-electron chi connectivity index (χ3n) is 13.7. The minimum Gasteiger partial charge on any atom is -0.480 e. The Morgan fingerprint density at radius 1 is 0.592 bits per heavy atom. The number of aromatic nitrogens is 4. The van der Waals surface area contributed by atoms with Crippen molar-refractivity contribution in [1.82, 2.24) is 19.9 Å². The summed E-state index contributed by atoms with van der Waals surface area (Å²) in [7, 11) is 2.56. The number of carbonyl (C=O) groups is 2. The van der Waals surface area contributed by atoms with E-state index in [1.54, 1.807) is 54.9 Å². The van der Waals surface area contributed by atoms with Crippen LogP contribution in [0.4, 0.5) is 29.2 Å². The highest BCUT2D eigenvalue weighted by atomic mass is 35.5. The van der Waals surface area contributed by atoms with E-state index in [1.165, 1.54) is 38.5 Å². The Hall–Kier alpha value is -6.65. The lowest BCUT2D eigenvalue weighted by Gasteiger charge is -2.32. The molecule has 76 heavy (non-hydrogen) atoms.